The average molecular weight is 338 g/mol. The average Bonchev–Trinajstić information content (AvgIpc) is 3.01. The number of fused-ring (bicyclic) bond motifs is 3. The molecule has 0 radical (unpaired) electrons. The SMILES string of the molecule is COC(=O)[C@H]1Cc2c([nH]c3ccccc23)[C@H](c2ccc(O)c(O)c2)N1. The van der Waals surface area contributed by atoms with Crippen molar-refractivity contribution in [3.63, 3.8) is 0 Å². The molecule has 128 valence electrons. The van der Waals surface area contributed by atoms with Crippen LogP contribution in [0.3, 0.4) is 0 Å². The van der Waals surface area contributed by atoms with Gasteiger partial charge in [0, 0.05) is 23.0 Å². The number of rotatable bonds is 2. The molecule has 6 heteroatoms. The number of benzene rings is 2. The summed E-state index contributed by atoms with van der Waals surface area (Å²) in [5, 5.41) is 23.8. The Hall–Kier alpha value is -2.99. The zero-order chi connectivity index (χ0) is 17.6. The van der Waals surface area contributed by atoms with Crippen LogP contribution in [0, 0.1) is 0 Å². The molecular weight excluding hydrogens is 320 g/mol. The van der Waals surface area contributed by atoms with Gasteiger partial charge in [0.2, 0.25) is 0 Å². The molecular formula is C19H18N2O4. The number of phenols is 2. The van der Waals surface area contributed by atoms with Gasteiger partial charge in [-0.15, -0.1) is 0 Å². The van der Waals surface area contributed by atoms with E-state index in [0.717, 1.165) is 27.7 Å². The lowest BCUT2D eigenvalue weighted by Gasteiger charge is -2.30. The van der Waals surface area contributed by atoms with E-state index in [4.69, 9.17) is 4.74 Å². The first kappa shape index (κ1) is 15.5. The summed E-state index contributed by atoms with van der Waals surface area (Å²) in [6.45, 7) is 0. The minimum atomic E-state index is -0.488. The van der Waals surface area contributed by atoms with Crippen LogP contribution in [-0.2, 0) is 16.0 Å². The summed E-state index contributed by atoms with van der Waals surface area (Å²) in [6, 6.07) is 11.8. The molecule has 6 nitrogen and oxygen atoms in total. The van der Waals surface area contributed by atoms with E-state index in [2.05, 4.69) is 10.3 Å². The fourth-order valence-corrected chi connectivity index (χ4v) is 3.51. The minimum Gasteiger partial charge on any atom is -0.504 e. The number of aromatic hydroxyl groups is 2. The van der Waals surface area contributed by atoms with Gasteiger partial charge >= 0.3 is 5.97 Å². The number of aromatic nitrogens is 1. The summed E-state index contributed by atoms with van der Waals surface area (Å²) in [5.74, 6) is -0.706. The zero-order valence-electron chi connectivity index (χ0n) is 13.6. The molecule has 0 bridgehead atoms. The Morgan fingerprint density at radius 1 is 1.16 bits per heavy atom. The first-order chi connectivity index (χ1) is 12.1. The van der Waals surface area contributed by atoms with E-state index in [1.807, 2.05) is 24.3 Å². The van der Waals surface area contributed by atoms with Gasteiger partial charge in [-0.25, -0.2) is 0 Å². The summed E-state index contributed by atoms with van der Waals surface area (Å²) in [6.07, 6.45) is 0.520. The predicted octanol–water partition coefficient (Wildman–Crippen LogP) is 2.36. The van der Waals surface area contributed by atoms with Gasteiger partial charge in [0.15, 0.2) is 11.5 Å². The highest BCUT2D eigenvalue weighted by Crippen LogP contribution is 2.37. The molecule has 0 unspecified atom stereocenters. The lowest BCUT2D eigenvalue weighted by molar-refractivity contribution is -0.143. The molecule has 2 heterocycles. The van der Waals surface area contributed by atoms with E-state index >= 15 is 0 Å². The van der Waals surface area contributed by atoms with Crippen LogP contribution < -0.4 is 5.32 Å². The van der Waals surface area contributed by atoms with Crippen LogP contribution in [0.25, 0.3) is 10.9 Å². The molecule has 0 saturated carbocycles. The number of nitrogens with one attached hydrogen (secondary N) is 2. The van der Waals surface area contributed by atoms with Gasteiger partial charge in [-0.3, -0.25) is 10.1 Å². The molecule has 4 N–H and O–H groups in total. The second-order valence-corrected chi connectivity index (χ2v) is 6.19. The van der Waals surface area contributed by atoms with Crippen LogP contribution >= 0.6 is 0 Å². The van der Waals surface area contributed by atoms with E-state index in [-0.39, 0.29) is 23.5 Å². The van der Waals surface area contributed by atoms with Gasteiger partial charge in [-0.2, -0.15) is 0 Å². The summed E-state index contributed by atoms with van der Waals surface area (Å²) in [5.41, 5.74) is 3.75. The predicted molar refractivity (Wildman–Crippen MR) is 92.6 cm³/mol. The van der Waals surface area contributed by atoms with E-state index in [9.17, 15) is 15.0 Å². The summed E-state index contributed by atoms with van der Waals surface area (Å²) < 4.78 is 4.92. The second-order valence-electron chi connectivity index (χ2n) is 6.19. The molecule has 1 aromatic heterocycles. The van der Waals surface area contributed by atoms with Gasteiger partial charge < -0.3 is 19.9 Å². The first-order valence-corrected chi connectivity index (χ1v) is 8.03. The van der Waals surface area contributed by atoms with Gasteiger partial charge in [0.25, 0.3) is 0 Å². The Balaban J connectivity index is 1.88. The number of carbonyl (C=O) groups is 1. The number of hydrogen-bond acceptors (Lipinski definition) is 5. The summed E-state index contributed by atoms with van der Waals surface area (Å²) in [7, 11) is 1.37. The maximum absolute atomic E-state index is 12.1. The smallest absolute Gasteiger partial charge is 0.323 e. The largest absolute Gasteiger partial charge is 0.504 e. The van der Waals surface area contributed by atoms with Crippen LogP contribution in [0.2, 0.25) is 0 Å². The van der Waals surface area contributed by atoms with Crippen LogP contribution in [0.5, 0.6) is 11.5 Å². The highest BCUT2D eigenvalue weighted by Gasteiger charge is 2.34. The normalized spacial score (nSPS) is 19.6. The van der Waals surface area contributed by atoms with Gasteiger partial charge in [0.05, 0.1) is 13.2 Å². The number of esters is 1. The highest BCUT2D eigenvalue weighted by atomic mass is 16.5. The molecule has 2 aromatic carbocycles. The van der Waals surface area contributed by atoms with Crippen molar-refractivity contribution in [1.29, 1.82) is 0 Å². The molecule has 2 atom stereocenters. The van der Waals surface area contributed by atoms with Crippen LogP contribution in [0.4, 0.5) is 0 Å². The van der Waals surface area contributed by atoms with E-state index in [0.29, 0.717) is 6.42 Å². The number of methoxy groups -OCH3 is 1. The number of carbonyl (C=O) groups excluding carboxylic acids is 1. The molecule has 0 aliphatic carbocycles. The first-order valence-electron chi connectivity index (χ1n) is 8.03. The van der Waals surface area contributed by atoms with Crippen molar-refractivity contribution in [2.45, 2.75) is 18.5 Å². The Morgan fingerprint density at radius 3 is 2.72 bits per heavy atom. The lowest BCUT2D eigenvalue weighted by Crippen LogP contribution is -2.45. The molecule has 1 aliphatic heterocycles. The quantitative estimate of drug-likeness (QED) is 0.425. The van der Waals surface area contributed by atoms with Crippen molar-refractivity contribution in [3.8, 4) is 11.5 Å². The standard InChI is InChI=1S/C19H18N2O4/c1-25-19(24)14-9-12-11-4-2-3-5-13(11)20-18(12)17(21-14)10-6-7-15(22)16(23)8-10/h2-8,14,17,20-23H,9H2,1H3/t14-,17+/m1/s1. The molecule has 25 heavy (non-hydrogen) atoms. The third-order valence-electron chi connectivity index (χ3n) is 4.73. The maximum atomic E-state index is 12.1. The third-order valence-corrected chi connectivity index (χ3v) is 4.73. The minimum absolute atomic E-state index is 0.180. The number of ether oxygens (including phenoxy) is 1. The van der Waals surface area contributed by atoms with Crippen molar-refractivity contribution >= 4 is 16.9 Å². The number of phenolic OH excluding ortho intramolecular Hbond substituents is 2. The van der Waals surface area contributed by atoms with Crippen molar-refractivity contribution < 1.29 is 19.7 Å². The van der Waals surface area contributed by atoms with E-state index in [1.54, 1.807) is 6.07 Å². The molecule has 1 aliphatic rings. The van der Waals surface area contributed by atoms with Crippen LogP contribution in [0.15, 0.2) is 42.5 Å². The molecule has 3 aromatic rings. The van der Waals surface area contributed by atoms with Gasteiger partial charge in [0.1, 0.15) is 6.04 Å². The lowest BCUT2D eigenvalue weighted by atomic mass is 9.90. The van der Waals surface area contributed by atoms with Crippen molar-refractivity contribution in [2.75, 3.05) is 7.11 Å². The highest BCUT2D eigenvalue weighted by molar-refractivity contribution is 5.87. The van der Waals surface area contributed by atoms with Crippen LogP contribution in [-0.4, -0.2) is 34.3 Å². The number of para-hydroxylation sites is 1. The fraction of sp³-hybridized carbons (Fsp3) is 0.211. The third kappa shape index (κ3) is 2.51. The van der Waals surface area contributed by atoms with Gasteiger partial charge in [-0.1, -0.05) is 24.3 Å². The van der Waals surface area contributed by atoms with Crippen LogP contribution in [0.1, 0.15) is 22.9 Å². The van der Waals surface area contributed by atoms with Crippen molar-refractivity contribution in [2.24, 2.45) is 0 Å². The Bertz CT molecular complexity index is 963. The second kappa shape index (κ2) is 5.82. The molecule has 4 rings (SSSR count). The maximum Gasteiger partial charge on any atom is 0.323 e. The number of H-pyrrole nitrogens is 1. The van der Waals surface area contributed by atoms with E-state index < -0.39 is 6.04 Å². The zero-order valence-corrected chi connectivity index (χ0v) is 13.6. The van der Waals surface area contributed by atoms with Gasteiger partial charge in [-0.05, 0) is 29.3 Å². The Morgan fingerprint density at radius 2 is 1.96 bits per heavy atom. The van der Waals surface area contributed by atoms with E-state index in [1.165, 1.54) is 19.2 Å². The fourth-order valence-electron chi connectivity index (χ4n) is 3.51. The molecule has 0 amide bonds. The summed E-state index contributed by atoms with van der Waals surface area (Å²) >= 11 is 0. The molecule has 0 fully saturated rings. The number of hydrogen-bond donors (Lipinski definition) is 4. The summed E-state index contributed by atoms with van der Waals surface area (Å²) in [4.78, 5) is 15.6. The Kier molecular flexibility index (Phi) is 3.62. The number of aromatic amines is 1. The van der Waals surface area contributed by atoms with Crippen molar-refractivity contribution in [1.82, 2.24) is 10.3 Å². The Labute approximate surface area is 144 Å². The molecule has 0 saturated heterocycles. The monoisotopic (exact) mass is 338 g/mol. The van der Waals surface area contributed by atoms with Crippen molar-refractivity contribution in [3.05, 3.63) is 59.3 Å². The molecule has 0 spiro atoms. The topological polar surface area (TPSA) is 94.6 Å².